The van der Waals surface area contributed by atoms with Crippen LogP contribution in [0.2, 0.25) is 0 Å². The minimum Gasteiger partial charge on any atom is -0.359 e. The van der Waals surface area contributed by atoms with E-state index in [4.69, 9.17) is 0 Å². The molecule has 2 aromatic rings. The van der Waals surface area contributed by atoms with E-state index in [9.17, 15) is 9.59 Å². The van der Waals surface area contributed by atoms with Crippen LogP contribution in [0.3, 0.4) is 0 Å². The fraction of sp³-hybridized carbons (Fsp3) is 0.526. The van der Waals surface area contributed by atoms with E-state index in [-0.39, 0.29) is 5.41 Å². The molecule has 4 aliphatic carbocycles. The van der Waals surface area contributed by atoms with Crippen LogP contribution < -0.4 is 10.6 Å². The first-order chi connectivity index (χ1) is 12.1. The Labute approximate surface area is 145 Å². The Morgan fingerprint density at radius 3 is 2.76 bits per heavy atom. The molecule has 3 N–H and O–H groups in total. The van der Waals surface area contributed by atoms with Gasteiger partial charge in [0.15, 0.2) is 0 Å². The molecule has 4 aliphatic rings. The fourth-order valence-electron chi connectivity index (χ4n) is 5.79. The second-order valence-corrected chi connectivity index (χ2v) is 8.23. The van der Waals surface area contributed by atoms with Crippen molar-refractivity contribution in [1.82, 2.24) is 15.3 Å². The minimum atomic E-state index is -0.614. The van der Waals surface area contributed by atoms with Crippen molar-refractivity contribution in [2.45, 2.75) is 32.1 Å². The molecule has 0 aliphatic heterocycles. The summed E-state index contributed by atoms with van der Waals surface area (Å²) >= 11 is 0. The lowest BCUT2D eigenvalue weighted by Gasteiger charge is -2.38. The van der Waals surface area contributed by atoms with E-state index in [1.54, 1.807) is 18.6 Å². The smallest absolute Gasteiger partial charge is 0.313 e. The normalized spacial score (nSPS) is 32.2. The van der Waals surface area contributed by atoms with Crippen molar-refractivity contribution in [2.24, 2.45) is 23.2 Å². The number of hydrogen-bond acceptors (Lipinski definition) is 3. The first-order valence-corrected chi connectivity index (χ1v) is 9.12. The van der Waals surface area contributed by atoms with Crippen molar-refractivity contribution in [1.29, 1.82) is 0 Å². The first-order valence-electron chi connectivity index (χ1n) is 9.12. The van der Waals surface area contributed by atoms with Gasteiger partial charge in [0.1, 0.15) is 0 Å². The number of aromatic amines is 1. The molecular formula is C19H22N4O2. The number of H-pyrrole nitrogens is 1. The standard InChI is InChI=1S/C19H22N4O2/c24-17(18(25)23-16-9-21-15-1-2-20-8-14(15)16)22-10-19-5-11-3-12(6-19)13(4-11)7-19/h1-2,8-9,11-13,21H,3-7,10H2,(H,22,24)(H,23,25). The highest BCUT2D eigenvalue weighted by molar-refractivity contribution is 6.40. The van der Waals surface area contributed by atoms with E-state index in [2.05, 4.69) is 20.6 Å². The summed E-state index contributed by atoms with van der Waals surface area (Å²) < 4.78 is 0. The van der Waals surface area contributed by atoms with Crippen molar-refractivity contribution in [3.05, 3.63) is 24.7 Å². The van der Waals surface area contributed by atoms with Crippen LogP contribution >= 0.6 is 0 Å². The maximum atomic E-state index is 12.3. The Bertz CT molecular complexity index is 838. The SMILES string of the molecule is O=C(NCC12CC3CC(C1)C(C3)C2)C(=O)Nc1c[nH]c2ccncc12. The van der Waals surface area contributed by atoms with Crippen molar-refractivity contribution in [2.75, 3.05) is 11.9 Å². The Balaban J connectivity index is 1.22. The Hall–Kier alpha value is -2.37. The quantitative estimate of drug-likeness (QED) is 0.751. The predicted molar refractivity (Wildman–Crippen MR) is 93.7 cm³/mol. The molecule has 2 unspecified atom stereocenters. The van der Waals surface area contributed by atoms with E-state index >= 15 is 0 Å². The zero-order valence-corrected chi connectivity index (χ0v) is 14.0. The highest BCUT2D eigenvalue weighted by Crippen LogP contribution is 2.63. The first kappa shape index (κ1) is 14.9. The van der Waals surface area contributed by atoms with Gasteiger partial charge in [0, 0.05) is 30.5 Å². The van der Waals surface area contributed by atoms with E-state index in [1.807, 2.05) is 6.07 Å². The highest BCUT2D eigenvalue weighted by atomic mass is 16.2. The second-order valence-electron chi connectivity index (χ2n) is 8.23. The Morgan fingerprint density at radius 1 is 1.20 bits per heavy atom. The fourth-order valence-corrected chi connectivity index (χ4v) is 5.79. The van der Waals surface area contributed by atoms with Gasteiger partial charge < -0.3 is 15.6 Å². The molecule has 4 fully saturated rings. The number of aromatic nitrogens is 2. The number of hydrogen-bond donors (Lipinski definition) is 3. The van der Waals surface area contributed by atoms with E-state index in [1.165, 1.54) is 32.1 Å². The van der Waals surface area contributed by atoms with Gasteiger partial charge in [0.05, 0.1) is 11.2 Å². The van der Waals surface area contributed by atoms with Gasteiger partial charge in [-0.25, -0.2) is 0 Å². The summed E-state index contributed by atoms with van der Waals surface area (Å²) in [5.74, 6) is 1.42. The van der Waals surface area contributed by atoms with Crippen molar-refractivity contribution >= 4 is 28.4 Å². The van der Waals surface area contributed by atoms with Gasteiger partial charge in [0.25, 0.3) is 0 Å². The maximum absolute atomic E-state index is 12.3. The topological polar surface area (TPSA) is 86.9 Å². The van der Waals surface area contributed by atoms with Crippen LogP contribution in [0.4, 0.5) is 5.69 Å². The third-order valence-corrected chi connectivity index (χ3v) is 6.61. The minimum absolute atomic E-state index is 0.247. The lowest BCUT2D eigenvalue weighted by molar-refractivity contribution is -0.136. The number of carbonyl (C=O) groups is 2. The number of rotatable bonds is 3. The van der Waals surface area contributed by atoms with Gasteiger partial charge in [-0.05, 0) is 61.3 Å². The molecule has 130 valence electrons. The molecule has 2 atom stereocenters. The summed E-state index contributed by atoms with van der Waals surface area (Å²) in [5, 5.41) is 6.38. The number of pyridine rings is 1. The molecule has 0 radical (unpaired) electrons. The lowest BCUT2D eigenvalue weighted by atomic mass is 9.69. The van der Waals surface area contributed by atoms with Crippen LogP contribution in [0, 0.1) is 23.2 Å². The van der Waals surface area contributed by atoms with Gasteiger partial charge >= 0.3 is 11.8 Å². The summed E-state index contributed by atoms with van der Waals surface area (Å²) in [4.78, 5) is 31.6. The monoisotopic (exact) mass is 338 g/mol. The maximum Gasteiger partial charge on any atom is 0.313 e. The van der Waals surface area contributed by atoms with Crippen LogP contribution in [0.1, 0.15) is 32.1 Å². The number of amides is 2. The third kappa shape index (κ3) is 2.42. The van der Waals surface area contributed by atoms with Crippen LogP contribution in [0.5, 0.6) is 0 Å². The van der Waals surface area contributed by atoms with Gasteiger partial charge in [-0.2, -0.15) is 0 Å². The Kier molecular flexibility index (Phi) is 3.17. The van der Waals surface area contributed by atoms with Gasteiger partial charge in [-0.1, -0.05) is 0 Å². The number of anilines is 1. The molecule has 0 aromatic carbocycles. The molecular weight excluding hydrogens is 316 g/mol. The van der Waals surface area contributed by atoms with Crippen molar-refractivity contribution < 1.29 is 9.59 Å². The highest BCUT2D eigenvalue weighted by Gasteiger charge is 2.55. The molecule has 6 nitrogen and oxygen atoms in total. The summed E-state index contributed by atoms with van der Waals surface area (Å²) in [7, 11) is 0. The molecule has 4 bridgehead atoms. The third-order valence-electron chi connectivity index (χ3n) is 6.61. The van der Waals surface area contributed by atoms with Crippen LogP contribution in [0.25, 0.3) is 10.9 Å². The summed E-state index contributed by atoms with van der Waals surface area (Å²) in [6, 6.07) is 1.83. The molecule has 6 rings (SSSR count). The predicted octanol–water partition coefficient (Wildman–Crippen LogP) is 2.44. The number of fused-ring (bicyclic) bond motifs is 1. The van der Waals surface area contributed by atoms with E-state index in [0.29, 0.717) is 12.2 Å². The largest absolute Gasteiger partial charge is 0.359 e. The van der Waals surface area contributed by atoms with Crippen LogP contribution in [0.15, 0.2) is 24.7 Å². The summed E-state index contributed by atoms with van der Waals surface area (Å²) in [5.41, 5.74) is 1.71. The molecule has 2 amide bonds. The van der Waals surface area contributed by atoms with Gasteiger partial charge in [-0.3, -0.25) is 14.6 Å². The second kappa shape index (κ2) is 5.31. The Morgan fingerprint density at radius 2 is 2.00 bits per heavy atom. The van der Waals surface area contributed by atoms with Crippen LogP contribution in [-0.4, -0.2) is 28.3 Å². The van der Waals surface area contributed by atoms with Crippen molar-refractivity contribution in [3.8, 4) is 0 Å². The molecule has 25 heavy (non-hydrogen) atoms. The lowest BCUT2D eigenvalue weighted by Crippen LogP contribution is -2.43. The van der Waals surface area contributed by atoms with Crippen LogP contribution in [-0.2, 0) is 9.59 Å². The zero-order chi connectivity index (χ0) is 17.0. The zero-order valence-electron chi connectivity index (χ0n) is 14.0. The molecule has 2 heterocycles. The van der Waals surface area contributed by atoms with Gasteiger partial charge in [0.2, 0.25) is 0 Å². The average molecular weight is 338 g/mol. The molecule has 6 heteroatoms. The molecule has 0 saturated heterocycles. The number of nitrogens with zero attached hydrogens (tertiary/aromatic N) is 1. The molecule has 2 aromatic heterocycles. The average Bonchev–Trinajstić information content (AvgIpc) is 3.21. The number of carbonyl (C=O) groups excluding carboxylic acids is 2. The van der Waals surface area contributed by atoms with E-state index < -0.39 is 11.8 Å². The number of nitrogens with one attached hydrogen (secondary N) is 3. The molecule has 0 spiro atoms. The van der Waals surface area contributed by atoms with Gasteiger partial charge in [-0.15, -0.1) is 0 Å². The summed E-state index contributed by atoms with van der Waals surface area (Å²) in [6.07, 6.45) is 11.5. The van der Waals surface area contributed by atoms with Crippen molar-refractivity contribution in [3.63, 3.8) is 0 Å². The van der Waals surface area contributed by atoms with E-state index in [0.717, 1.165) is 28.7 Å². The molecule has 4 saturated carbocycles. The summed E-state index contributed by atoms with van der Waals surface area (Å²) in [6.45, 7) is 0.637.